The minimum atomic E-state index is -0.474. The van der Waals surface area contributed by atoms with Gasteiger partial charge in [0, 0.05) is 85.8 Å². The molecule has 101 heavy (non-hydrogen) atoms. The summed E-state index contributed by atoms with van der Waals surface area (Å²) in [5.74, 6) is 3.10. The monoisotopic (exact) mass is 1470 g/mol. The number of aliphatic hydroxyl groups is 1. The maximum atomic E-state index is 13.1. The van der Waals surface area contributed by atoms with E-state index in [1.165, 1.54) is 40.5 Å². The van der Waals surface area contributed by atoms with Crippen LogP contribution in [0, 0.1) is 0 Å². The van der Waals surface area contributed by atoms with Crippen molar-refractivity contribution in [3.63, 3.8) is 0 Å². The minimum absolute atomic E-state index is 0.00176. The molecule has 6 rings (SSSR count). The van der Waals surface area contributed by atoms with Crippen LogP contribution in [0.5, 0.6) is 0 Å². The average molecular weight is 1470 g/mol. The van der Waals surface area contributed by atoms with E-state index in [-0.39, 0.29) is 55.3 Å². The molecule has 0 fully saturated rings. The van der Waals surface area contributed by atoms with Gasteiger partial charge < -0.3 is 63.7 Å². The number of nitrogens with one attached hydrogen (secondary N) is 3. The zero-order chi connectivity index (χ0) is 72.7. The van der Waals surface area contributed by atoms with Crippen LogP contribution in [0.1, 0.15) is 119 Å². The van der Waals surface area contributed by atoms with Crippen LogP contribution in [0.3, 0.4) is 0 Å². The molecule has 6 aromatic carbocycles. The Kier molecular flexibility index (Phi) is 47.5. The van der Waals surface area contributed by atoms with E-state index in [1.807, 2.05) is 71.0 Å². The summed E-state index contributed by atoms with van der Waals surface area (Å²) in [6.07, 6.45) is 3.87. The average Bonchev–Trinajstić information content (AvgIpc) is 0.768. The fraction of sp³-hybridized carbons (Fsp3) is 0.481. The molecule has 6 aromatic rings. The Morgan fingerprint density at radius 1 is 0.396 bits per heavy atom. The van der Waals surface area contributed by atoms with Crippen LogP contribution in [0.4, 0.5) is 4.79 Å². The Balaban J connectivity index is 0.000000393. The van der Waals surface area contributed by atoms with Gasteiger partial charge in [0.2, 0.25) is 11.8 Å². The highest BCUT2D eigenvalue weighted by molar-refractivity contribution is 8.77. The van der Waals surface area contributed by atoms with Gasteiger partial charge in [0.05, 0.1) is 91.5 Å². The first-order valence-corrected chi connectivity index (χ1v) is 40.0. The summed E-state index contributed by atoms with van der Waals surface area (Å²) in [5, 5.41) is 16.9. The van der Waals surface area contributed by atoms with E-state index in [0.717, 1.165) is 35.9 Å². The first-order valence-electron chi connectivity index (χ1n) is 35.0. The highest BCUT2D eigenvalue weighted by Gasteiger charge is 2.38. The smallest absolute Gasteiger partial charge is 0.406 e. The van der Waals surface area contributed by atoms with Gasteiger partial charge in [-0.2, -0.15) is 0 Å². The lowest BCUT2D eigenvalue weighted by atomic mass is 9.66. The predicted octanol–water partition coefficient (Wildman–Crippen LogP) is 13.9. The maximum absolute atomic E-state index is 13.1. The highest BCUT2D eigenvalue weighted by atomic mass is 33.1. The zero-order valence-electron chi connectivity index (χ0n) is 59.9. The SMILES string of the molecule is CCOC(=O)CCCSSCCNC(=O)CCC(c1ccccc1)(c1ccccc1)c1ccccc1.CCOCCOC(C)COC(C)COC(C)COCCOC(=O)CCCSSCCNC(=O)CCC(c1ccccc1)(c1ccccc1)c1ccccc1.COC(=O)NCCOCCO. The number of methoxy groups -OCH3 is 1. The van der Waals surface area contributed by atoms with Crippen LogP contribution in [0.2, 0.25) is 0 Å². The van der Waals surface area contributed by atoms with E-state index in [9.17, 15) is 24.0 Å². The number of amides is 3. The first-order chi connectivity index (χ1) is 49.3. The number of alkyl carbamates (subject to hydrolysis) is 1. The van der Waals surface area contributed by atoms with Crippen molar-refractivity contribution in [3.05, 3.63) is 215 Å². The quantitative estimate of drug-likeness (QED) is 0.00916. The van der Waals surface area contributed by atoms with Crippen molar-refractivity contribution < 1.29 is 71.7 Å². The topological polar surface area (TPSA) is 225 Å². The lowest BCUT2D eigenvalue weighted by molar-refractivity contribution is -0.146. The van der Waals surface area contributed by atoms with Gasteiger partial charge in [0.25, 0.3) is 0 Å². The van der Waals surface area contributed by atoms with Gasteiger partial charge in [-0.25, -0.2) is 4.79 Å². The number of aliphatic hydroxyl groups excluding tert-OH is 1. The molecule has 0 aliphatic rings. The van der Waals surface area contributed by atoms with Gasteiger partial charge in [-0.1, -0.05) is 225 Å². The summed E-state index contributed by atoms with van der Waals surface area (Å²) >= 11 is 0. The van der Waals surface area contributed by atoms with Gasteiger partial charge in [-0.05, 0) is 93.7 Å². The van der Waals surface area contributed by atoms with Crippen LogP contribution in [-0.4, -0.2) is 182 Å². The van der Waals surface area contributed by atoms with Gasteiger partial charge >= 0.3 is 18.0 Å². The Bertz CT molecular complexity index is 2890. The number of benzene rings is 6. The number of hydrogen-bond donors (Lipinski definition) is 4. The molecule has 0 aromatic heterocycles. The van der Waals surface area contributed by atoms with E-state index in [2.05, 4.69) is 166 Å². The summed E-state index contributed by atoms with van der Waals surface area (Å²) in [5.41, 5.74) is 6.21. The molecular formula is C79H109N3O15S4. The normalized spacial score (nSPS) is 12.1. The molecular weight excluding hydrogens is 1360 g/mol. The first kappa shape index (κ1) is 87.0. The molecule has 0 heterocycles. The molecule has 0 aliphatic carbocycles. The lowest BCUT2D eigenvalue weighted by Gasteiger charge is -2.36. The second-order valence-electron chi connectivity index (χ2n) is 23.2. The summed E-state index contributed by atoms with van der Waals surface area (Å²) in [6, 6.07) is 62.9. The standard InChI is InChI=1S/C43H61NO8S2.C30H35NO3S2.C6H13NO4/c1-5-47-26-28-49-36(3)33-52-37(4)34-51-35(2)32-48-27-29-50-42(46)22-15-30-53-54-31-25-44-41(45)23-24-43(38-16-9-6-10-17-38,39-18-11-7-12-19-39)40-20-13-8-14-21-40;1-2-34-29(33)19-12-23-35-36-24-22-31-28(32)20-21-30(25-13-6-3-7-14-25,26-15-8-4-9-16-26)27-17-10-5-11-18-27;1-10-6(9)7-2-4-11-5-3-8/h6-14,16-21,35-37H,5,15,22-34H2,1-4H3,(H,44,45);3-11,13-18H,2,12,19-24H2,1H3,(H,31,32);8H,2-5H2,1H3,(H,7,9). The van der Waals surface area contributed by atoms with E-state index in [1.54, 1.807) is 43.2 Å². The molecule has 0 bridgehead atoms. The number of ether oxygens (including phenoxy) is 9. The second kappa shape index (κ2) is 55.2. The van der Waals surface area contributed by atoms with Crippen LogP contribution in [0.25, 0.3) is 0 Å². The molecule has 0 aliphatic heterocycles. The minimum Gasteiger partial charge on any atom is -0.466 e. The van der Waals surface area contributed by atoms with E-state index < -0.39 is 16.9 Å². The zero-order valence-corrected chi connectivity index (χ0v) is 63.2. The molecule has 3 atom stereocenters. The van der Waals surface area contributed by atoms with Gasteiger partial charge in [0.1, 0.15) is 6.61 Å². The molecule has 0 radical (unpaired) electrons. The fourth-order valence-corrected chi connectivity index (χ4v) is 14.6. The van der Waals surface area contributed by atoms with E-state index >= 15 is 0 Å². The van der Waals surface area contributed by atoms with Crippen molar-refractivity contribution in [2.24, 2.45) is 0 Å². The maximum Gasteiger partial charge on any atom is 0.406 e. The van der Waals surface area contributed by atoms with E-state index in [4.69, 9.17) is 43.0 Å². The molecule has 0 spiro atoms. The Labute approximate surface area is 616 Å². The van der Waals surface area contributed by atoms with Crippen molar-refractivity contribution in [2.45, 2.75) is 115 Å². The molecule has 554 valence electrons. The third kappa shape index (κ3) is 36.0. The molecule has 22 heteroatoms. The van der Waals surface area contributed by atoms with Crippen LogP contribution < -0.4 is 16.0 Å². The number of hydrogen-bond acceptors (Lipinski definition) is 19. The molecule has 0 saturated heterocycles. The van der Waals surface area contributed by atoms with Gasteiger partial charge in [0.15, 0.2) is 0 Å². The number of carbonyl (C=O) groups is 5. The molecule has 3 amide bonds. The van der Waals surface area contributed by atoms with Crippen LogP contribution >= 0.6 is 43.2 Å². The number of rotatable bonds is 50. The van der Waals surface area contributed by atoms with E-state index in [0.29, 0.717) is 124 Å². The Morgan fingerprint density at radius 2 is 0.772 bits per heavy atom. The van der Waals surface area contributed by atoms with Crippen LogP contribution in [0.15, 0.2) is 182 Å². The highest BCUT2D eigenvalue weighted by Crippen LogP contribution is 2.44. The van der Waals surface area contributed by atoms with Crippen molar-refractivity contribution in [1.29, 1.82) is 0 Å². The lowest BCUT2D eigenvalue weighted by Crippen LogP contribution is -2.33. The van der Waals surface area contributed by atoms with Gasteiger partial charge in [-0.3, -0.25) is 19.2 Å². The van der Waals surface area contributed by atoms with Crippen molar-refractivity contribution in [3.8, 4) is 0 Å². The third-order valence-electron chi connectivity index (χ3n) is 15.6. The summed E-state index contributed by atoms with van der Waals surface area (Å²) in [7, 11) is 8.16. The second-order valence-corrected chi connectivity index (χ2v) is 28.6. The number of esters is 2. The predicted molar refractivity (Wildman–Crippen MR) is 411 cm³/mol. The fourth-order valence-electron chi connectivity index (χ4n) is 10.7. The van der Waals surface area contributed by atoms with Gasteiger partial charge in [-0.15, -0.1) is 0 Å². The van der Waals surface area contributed by atoms with Crippen molar-refractivity contribution in [1.82, 2.24) is 16.0 Å². The molecule has 3 unspecified atom stereocenters. The van der Waals surface area contributed by atoms with Crippen LogP contribution in [-0.2, 0) is 72.6 Å². The molecule has 18 nitrogen and oxygen atoms in total. The third-order valence-corrected chi connectivity index (χ3v) is 20.6. The summed E-state index contributed by atoms with van der Waals surface area (Å²) < 4.78 is 47.6. The molecule has 0 saturated carbocycles. The Morgan fingerprint density at radius 3 is 1.16 bits per heavy atom. The largest absolute Gasteiger partial charge is 0.466 e. The summed E-state index contributed by atoms with van der Waals surface area (Å²) in [6.45, 7) is 16.1. The Hall–Kier alpha value is -6.41. The number of carbonyl (C=O) groups excluding carboxylic acids is 5. The summed E-state index contributed by atoms with van der Waals surface area (Å²) in [4.78, 5) is 59.9. The van der Waals surface area contributed by atoms with Crippen molar-refractivity contribution in [2.75, 3.05) is 129 Å². The molecule has 4 N–H and O–H groups in total. The van der Waals surface area contributed by atoms with Crippen molar-refractivity contribution >= 4 is 73.0 Å².